The number of hydrogen-bond acceptors (Lipinski definition) is 2. The maximum Gasteiger partial charge on any atom is 0.162 e. The van der Waals surface area contributed by atoms with Gasteiger partial charge in [0.25, 0.3) is 0 Å². The zero-order valence-electron chi connectivity index (χ0n) is 11.0. The summed E-state index contributed by atoms with van der Waals surface area (Å²) < 4.78 is 40.7. The van der Waals surface area contributed by atoms with Crippen LogP contribution >= 0.6 is 11.6 Å². The van der Waals surface area contributed by atoms with Crippen molar-refractivity contribution in [2.75, 3.05) is 0 Å². The molecule has 0 saturated heterocycles. The van der Waals surface area contributed by atoms with Crippen molar-refractivity contribution in [1.82, 2.24) is 5.43 Å². The number of benzene rings is 2. The van der Waals surface area contributed by atoms with Crippen molar-refractivity contribution >= 4 is 11.6 Å². The third-order valence-electron chi connectivity index (χ3n) is 3.23. The summed E-state index contributed by atoms with van der Waals surface area (Å²) >= 11 is 5.71. The summed E-state index contributed by atoms with van der Waals surface area (Å²) in [5.41, 5.74) is 3.04. The Morgan fingerprint density at radius 2 is 1.52 bits per heavy atom. The van der Waals surface area contributed by atoms with Crippen LogP contribution in [0, 0.1) is 17.5 Å². The van der Waals surface area contributed by atoms with Crippen LogP contribution in [0.5, 0.6) is 0 Å². The highest BCUT2D eigenvalue weighted by molar-refractivity contribution is 6.30. The van der Waals surface area contributed by atoms with Crippen molar-refractivity contribution in [3.8, 4) is 0 Å². The molecule has 1 unspecified atom stereocenters. The molecule has 0 heterocycles. The molecule has 2 aromatic rings. The summed E-state index contributed by atoms with van der Waals surface area (Å²) in [7, 11) is 0. The Labute approximate surface area is 125 Å². The molecule has 2 aromatic carbocycles. The van der Waals surface area contributed by atoms with Crippen molar-refractivity contribution in [2.24, 2.45) is 5.84 Å². The minimum Gasteiger partial charge on any atom is -0.271 e. The first-order valence-electron chi connectivity index (χ1n) is 6.34. The second kappa shape index (κ2) is 6.93. The number of hydrogen-bond donors (Lipinski definition) is 2. The summed E-state index contributed by atoms with van der Waals surface area (Å²) in [6.07, 6.45) is 0.338. The highest BCUT2D eigenvalue weighted by Crippen LogP contribution is 2.20. The molecule has 0 fully saturated rings. The van der Waals surface area contributed by atoms with E-state index in [1.807, 2.05) is 0 Å². The molecule has 0 bridgehead atoms. The lowest BCUT2D eigenvalue weighted by Crippen LogP contribution is -2.38. The van der Waals surface area contributed by atoms with Crippen molar-refractivity contribution in [2.45, 2.75) is 18.9 Å². The fourth-order valence-electron chi connectivity index (χ4n) is 2.13. The fraction of sp³-hybridized carbons (Fsp3) is 0.200. The van der Waals surface area contributed by atoms with Gasteiger partial charge in [0.1, 0.15) is 5.82 Å². The number of rotatable bonds is 5. The van der Waals surface area contributed by atoms with E-state index in [1.54, 1.807) is 12.1 Å². The van der Waals surface area contributed by atoms with Crippen LogP contribution in [0.1, 0.15) is 11.1 Å². The molecule has 0 aliphatic heterocycles. The van der Waals surface area contributed by atoms with Crippen LogP contribution in [0.15, 0.2) is 36.4 Å². The maximum atomic E-state index is 13.8. The normalized spacial score (nSPS) is 12.4. The number of hydrazine groups is 1. The van der Waals surface area contributed by atoms with Crippen LogP contribution in [-0.4, -0.2) is 6.04 Å². The Bertz CT molecular complexity index is 581. The van der Waals surface area contributed by atoms with Crippen LogP contribution in [0.25, 0.3) is 0 Å². The van der Waals surface area contributed by atoms with E-state index in [1.165, 1.54) is 18.2 Å². The molecule has 0 aromatic heterocycles. The van der Waals surface area contributed by atoms with Gasteiger partial charge in [-0.05, 0) is 36.1 Å². The largest absolute Gasteiger partial charge is 0.271 e. The lowest BCUT2D eigenvalue weighted by atomic mass is 9.98. The smallest absolute Gasteiger partial charge is 0.162 e. The summed E-state index contributed by atoms with van der Waals surface area (Å²) in [5.74, 6) is 3.06. The fourth-order valence-corrected chi connectivity index (χ4v) is 2.33. The van der Waals surface area contributed by atoms with Gasteiger partial charge < -0.3 is 0 Å². The first kappa shape index (κ1) is 15.8. The minimum absolute atomic E-state index is 0.0141. The second-order valence-corrected chi connectivity index (χ2v) is 5.10. The molecule has 3 N–H and O–H groups in total. The third kappa shape index (κ3) is 3.75. The Balaban J connectivity index is 2.17. The molecule has 0 spiro atoms. The van der Waals surface area contributed by atoms with E-state index in [-0.39, 0.29) is 23.4 Å². The molecule has 2 nitrogen and oxygen atoms in total. The first-order valence-corrected chi connectivity index (χ1v) is 6.72. The molecule has 112 valence electrons. The molecular formula is C15H14ClF3N2. The van der Waals surface area contributed by atoms with Crippen molar-refractivity contribution < 1.29 is 13.2 Å². The SMILES string of the molecule is NNC(Cc1cccc(F)c1F)Cc1cccc(Cl)c1F. The summed E-state index contributed by atoms with van der Waals surface area (Å²) in [5, 5.41) is 0.0141. The maximum absolute atomic E-state index is 13.8. The van der Waals surface area contributed by atoms with E-state index >= 15 is 0 Å². The lowest BCUT2D eigenvalue weighted by molar-refractivity contribution is 0.469. The van der Waals surface area contributed by atoms with Gasteiger partial charge in [0.2, 0.25) is 0 Å². The van der Waals surface area contributed by atoms with Gasteiger partial charge in [0.15, 0.2) is 11.6 Å². The predicted octanol–water partition coefficient (Wildman–Crippen LogP) is 3.37. The number of halogens is 4. The van der Waals surface area contributed by atoms with Crippen LogP contribution < -0.4 is 11.3 Å². The molecule has 2 rings (SSSR count). The van der Waals surface area contributed by atoms with E-state index in [0.29, 0.717) is 5.56 Å². The zero-order chi connectivity index (χ0) is 15.4. The summed E-state index contributed by atoms with van der Waals surface area (Å²) in [4.78, 5) is 0. The Kier molecular flexibility index (Phi) is 5.22. The van der Waals surface area contributed by atoms with Gasteiger partial charge in [-0.2, -0.15) is 0 Å². The topological polar surface area (TPSA) is 38.0 Å². The minimum atomic E-state index is -0.919. The first-order chi connectivity index (χ1) is 10.0. The molecule has 1 atom stereocenters. The van der Waals surface area contributed by atoms with Crippen molar-refractivity contribution in [1.29, 1.82) is 0 Å². The van der Waals surface area contributed by atoms with Gasteiger partial charge in [-0.15, -0.1) is 0 Å². The Morgan fingerprint density at radius 1 is 0.952 bits per heavy atom. The predicted molar refractivity (Wildman–Crippen MR) is 76.3 cm³/mol. The Morgan fingerprint density at radius 3 is 2.14 bits per heavy atom. The molecule has 0 saturated carbocycles. The van der Waals surface area contributed by atoms with Gasteiger partial charge in [0, 0.05) is 6.04 Å². The molecule has 6 heteroatoms. The number of nitrogens with one attached hydrogen (secondary N) is 1. The summed E-state index contributed by atoms with van der Waals surface area (Å²) in [6, 6.07) is 8.12. The molecule has 0 aliphatic rings. The monoisotopic (exact) mass is 314 g/mol. The van der Waals surface area contributed by atoms with Gasteiger partial charge in [-0.1, -0.05) is 35.9 Å². The van der Waals surface area contributed by atoms with E-state index < -0.39 is 23.5 Å². The third-order valence-corrected chi connectivity index (χ3v) is 3.52. The quantitative estimate of drug-likeness (QED) is 0.656. The van der Waals surface area contributed by atoms with E-state index in [9.17, 15) is 13.2 Å². The van der Waals surface area contributed by atoms with Crippen LogP contribution in [0.3, 0.4) is 0 Å². The van der Waals surface area contributed by atoms with Gasteiger partial charge >= 0.3 is 0 Å². The average Bonchev–Trinajstić information content (AvgIpc) is 2.47. The molecule has 0 radical (unpaired) electrons. The molecule has 0 aliphatic carbocycles. The van der Waals surface area contributed by atoms with Crippen LogP contribution in [0.4, 0.5) is 13.2 Å². The standard InChI is InChI=1S/C15H14ClF3N2/c16-12-5-1-3-9(14(12)18)7-11(21-20)8-10-4-2-6-13(17)15(10)19/h1-6,11,21H,7-8,20H2. The van der Waals surface area contributed by atoms with E-state index in [4.69, 9.17) is 17.4 Å². The molecular weight excluding hydrogens is 301 g/mol. The molecule has 21 heavy (non-hydrogen) atoms. The average molecular weight is 315 g/mol. The highest BCUT2D eigenvalue weighted by atomic mass is 35.5. The summed E-state index contributed by atoms with van der Waals surface area (Å²) in [6.45, 7) is 0. The zero-order valence-corrected chi connectivity index (χ0v) is 11.8. The van der Waals surface area contributed by atoms with Gasteiger partial charge in [0.05, 0.1) is 5.02 Å². The van der Waals surface area contributed by atoms with Crippen molar-refractivity contribution in [3.05, 3.63) is 70.0 Å². The van der Waals surface area contributed by atoms with Crippen LogP contribution in [-0.2, 0) is 12.8 Å². The second-order valence-electron chi connectivity index (χ2n) is 4.70. The van der Waals surface area contributed by atoms with E-state index in [2.05, 4.69) is 5.43 Å². The van der Waals surface area contributed by atoms with Gasteiger partial charge in [-0.3, -0.25) is 11.3 Å². The van der Waals surface area contributed by atoms with Crippen molar-refractivity contribution in [3.63, 3.8) is 0 Å². The number of nitrogens with two attached hydrogens (primary N) is 1. The van der Waals surface area contributed by atoms with Gasteiger partial charge in [-0.25, -0.2) is 13.2 Å². The highest BCUT2D eigenvalue weighted by Gasteiger charge is 2.16. The van der Waals surface area contributed by atoms with E-state index in [0.717, 1.165) is 6.07 Å². The van der Waals surface area contributed by atoms with Crippen LogP contribution in [0.2, 0.25) is 5.02 Å². The molecule has 0 amide bonds. The lowest BCUT2D eigenvalue weighted by Gasteiger charge is -2.17. The Hall–Kier alpha value is -1.56.